The first kappa shape index (κ1) is 14.8. The van der Waals surface area contributed by atoms with E-state index >= 15 is 0 Å². The molecule has 1 rings (SSSR count). The second-order valence-electron chi connectivity index (χ2n) is 3.88. The Morgan fingerprint density at radius 1 is 1.31 bits per heavy atom. The second-order valence-corrected chi connectivity index (χ2v) is 3.88. The monoisotopic (exact) mass is 225 g/mol. The summed E-state index contributed by atoms with van der Waals surface area (Å²) in [5, 5.41) is 0. The van der Waals surface area contributed by atoms with Crippen molar-refractivity contribution in [2.45, 2.75) is 26.8 Å². The number of hydrogen-bond donors (Lipinski definition) is 0. The van der Waals surface area contributed by atoms with E-state index < -0.39 is 0 Å². The quantitative estimate of drug-likeness (QED) is 0.788. The number of Topliss-reactive ketones (excluding diaryl/α,β-unsaturated/α-hetero) is 1. The van der Waals surface area contributed by atoms with Gasteiger partial charge in [-0.15, -0.1) is 0 Å². The van der Waals surface area contributed by atoms with Gasteiger partial charge in [-0.2, -0.15) is 0 Å². The maximum Gasteiger partial charge on any atom is 0.129 e. The van der Waals surface area contributed by atoms with Gasteiger partial charge >= 0.3 is 0 Å². The van der Waals surface area contributed by atoms with Crippen LogP contribution in [-0.4, -0.2) is 24.8 Å². The van der Waals surface area contributed by atoms with Crippen LogP contribution < -0.4 is 0 Å². The van der Waals surface area contributed by atoms with Gasteiger partial charge in [-0.1, -0.05) is 25.1 Å². The number of nitrogens with zero attached hydrogens (tertiary/aromatic N) is 1. The van der Waals surface area contributed by atoms with E-state index in [1.54, 1.807) is 19.1 Å². The fourth-order valence-electron chi connectivity index (χ4n) is 0.967. The molecule has 2 nitrogen and oxygen atoms in total. The molecule has 0 radical (unpaired) electrons. The molecule has 0 aromatic heterocycles. The van der Waals surface area contributed by atoms with Gasteiger partial charge in [-0.3, -0.25) is 0 Å². The van der Waals surface area contributed by atoms with E-state index in [1.807, 2.05) is 32.0 Å². The molecule has 0 atom stereocenters. The summed E-state index contributed by atoms with van der Waals surface area (Å²) in [6, 6.07) is 6.84. The summed E-state index contributed by atoms with van der Waals surface area (Å²) in [7, 11) is 3.85. The van der Waals surface area contributed by atoms with E-state index in [0.29, 0.717) is 13.0 Å². The van der Waals surface area contributed by atoms with Crippen molar-refractivity contribution in [3.05, 3.63) is 35.6 Å². The number of benzene rings is 1. The molecular formula is C13H20FNO. The normalized spacial score (nSPS) is 9.62. The molecule has 0 aliphatic carbocycles. The Labute approximate surface area is 97.1 Å². The summed E-state index contributed by atoms with van der Waals surface area (Å²) in [5.74, 6) is 0.131. The number of halogens is 1. The maximum absolute atomic E-state index is 12.9. The topological polar surface area (TPSA) is 20.3 Å². The zero-order valence-electron chi connectivity index (χ0n) is 10.5. The first-order valence-electron chi connectivity index (χ1n) is 5.35. The zero-order valence-corrected chi connectivity index (χ0v) is 10.5. The largest absolute Gasteiger partial charge is 0.305 e. The highest BCUT2D eigenvalue weighted by Crippen LogP contribution is 2.07. The molecule has 0 N–H and O–H groups in total. The Balaban J connectivity index is 0.000000385. The van der Waals surface area contributed by atoms with E-state index in [4.69, 9.17) is 0 Å². The molecule has 0 unspecified atom stereocenters. The summed E-state index contributed by atoms with van der Waals surface area (Å²) in [4.78, 5) is 11.8. The third-order valence-corrected chi connectivity index (χ3v) is 1.94. The molecule has 16 heavy (non-hydrogen) atoms. The van der Waals surface area contributed by atoms with Crippen LogP contribution in [0, 0.1) is 5.82 Å². The summed E-state index contributed by atoms with van der Waals surface area (Å²) in [5.41, 5.74) is 0.748. The predicted octanol–water partition coefficient (Wildman–Crippen LogP) is 2.87. The standard InChI is InChI=1S/C9H12FN.C4H8O/c1-11(2)7-8-5-3-4-6-9(8)10;1-3-4(2)5/h3-6H,7H2,1-2H3;3H2,1-2H3. The van der Waals surface area contributed by atoms with Gasteiger partial charge in [0.05, 0.1) is 0 Å². The molecule has 1 aromatic rings. The van der Waals surface area contributed by atoms with Gasteiger partial charge in [-0.25, -0.2) is 4.39 Å². The van der Waals surface area contributed by atoms with Crippen molar-refractivity contribution in [1.82, 2.24) is 4.90 Å². The van der Waals surface area contributed by atoms with E-state index in [1.165, 1.54) is 6.07 Å². The lowest BCUT2D eigenvalue weighted by atomic mass is 10.2. The van der Waals surface area contributed by atoms with Gasteiger partial charge in [0, 0.05) is 18.5 Å². The van der Waals surface area contributed by atoms with E-state index in [2.05, 4.69) is 0 Å². The SMILES string of the molecule is CCC(C)=O.CN(C)Cc1ccccc1F. The zero-order chi connectivity index (χ0) is 12.6. The lowest BCUT2D eigenvalue weighted by Crippen LogP contribution is -2.11. The van der Waals surface area contributed by atoms with Crippen molar-refractivity contribution in [3.8, 4) is 0 Å². The molecule has 0 fully saturated rings. The minimum absolute atomic E-state index is 0.124. The average molecular weight is 225 g/mol. The number of hydrogen-bond acceptors (Lipinski definition) is 2. The maximum atomic E-state index is 12.9. The van der Waals surface area contributed by atoms with Crippen LogP contribution >= 0.6 is 0 Å². The Kier molecular flexibility index (Phi) is 7.38. The van der Waals surface area contributed by atoms with Crippen LogP contribution in [0.2, 0.25) is 0 Å². The van der Waals surface area contributed by atoms with Crippen LogP contribution in [0.4, 0.5) is 4.39 Å². The molecule has 0 aliphatic rings. The number of carbonyl (C=O) groups is 1. The molecule has 0 bridgehead atoms. The van der Waals surface area contributed by atoms with Crippen LogP contribution in [0.15, 0.2) is 24.3 Å². The summed E-state index contributed by atoms with van der Waals surface area (Å²) in [6.45, 7) is 4.09. The van der Waals surface area contributed by atoms with Crippen LogP contribution in [0.25, 0.3) is 0 Å². The van der Waals surface area contributed by atoms with E-state index in [-0.39, 0.29) is 11.6 Å². The first-order valence-corrected chi connectivity index (χ1v) is 5.35. The van der Waals surface area contributed by atoms with Gasteiger partial charge in [0.25, 0.3) is 0 Å². The van der Waals surface area contributed by atoms with Crippen molar-refractivity contribution >= 4 is 5.78 Å². The molecule has 3 heteroatoms. The minimum Gasteiger partial charge on any atom is -0.305 e. The number of rotatable bonds is 3. The first-order chi connectivity index (χ1) is 7.47. The number of carbonyl (C=O) groups excluding carboxylic acids is 1. The highest BCUT2D eigenvalue weighted by Gasteiger charge is 1.99. The van der Waals surface area contributed by atoms with Crippen LogP contribution in [-0.2, 0) is 11.3 Å². The van der Waals surface area contributed by atoms with Gasteiger partial charge in [0.15, 0.2) is 0 Å². The van der Waals surface area contributed by atoms with Crippen molar-refractivity contribution in [2.75, 3.05) is 14.1 Å². The van der Waals surface area contributed by atoms with E-state index in [9.17, 15) is 9.18 Å². The molecule has 0 saturated heterocycles. The van der Waals surface area contributed by atoms with E-state index in [0.717, 1.165) is 5.56 Å². The molecule has 0 saturated carbocycles. The third-order valence-electron chi connectivity index (χ3n) is 1.94. The molecule has 0 aliphatic heterocycles. The molecule has 0 amide bonds. The molecule has 0 heterocycles. The summed E-state index contributed by atoms with van der Waals surface area (Å²) >= 11 is 0. The second kappa shape index (κ2) is 7.99. The highest BCUT2D eigenvalue weighted by atomic mass is 19.1. The Morgan fingerprint density at radius 2 is 1.81 bits per heavy atom. The fraction of sp³-hybridized carbons (Fsp3) is 0.462. The minimum atomic E-state index is -0.124. The smallest absolute Gasteiger partial charge is 0.129 e. The van der Waals surface area contributed by atoms with Gasteiger partial charge in [-0.05, 0) is 27.1 Å². The van der Waals surface area contributed by atoms with Crippen molar-refractivity contribution in [1.29, 1.82) is 0 Å². The van der Waals surface area contributed by atoms with Crippen molar-refractivity contribution < 1.29 is 9.18 Å². The average Bonchev–Trinajstić information content (AvgIpc) is 2.22. The Morgan fingerprint density at radius 3 is 2.19 bits per heavy atom. The summed E-state index contributed by atoms with van der Waals surface area (Å²) < 4.78 is 12.9. The van der Waals surface area contributed by atoms with Crippen molar-refractivity contribution in [2.24, 2.45) is 0 Å². The number of ketones is 1. The Hall–Kier alpha value is -1.22. The summed E-state index contributed by atoms with van der Waals surface area (Å²) in [6.07, 6.45) is 0.667. The van der Waals surface area contributed by atoms with Crippen molar-refractivity contribution in [3.63, 3.8) is 0 Å². The van der Waals surface area contributed by atoms with Crippen LogP contribution in [0.3, 0.4) is 0 Å². The lowest BCUT2D eigenvalue weighted by Gasteiger charge is -2.09. The highest BCUT2D eigenvalue weighted by molar-refractivity contribution is 5.74. The molecule has 90 valence electrons. The predicted molar refractivity (Wildman–Crippen MR) is 64.8 cm³/mol. The molecule has 0 spiro atoms. The molecule has 1 aromatic carbocycles. The molecular weight excluding hydrogens is 205 g/mol. The van der Waals surface area contributed by atoms with Gasteiger partial charge < -0.3 is 9.69 Å². The van der Waals surface area contributed by atoms with Gasteiger partial charge in [0.2, 0.25) is 0 Å². The fourth-order valence-corrected chi connectivity index (χ4v) is 0.967. The van der Waals surface area contributed by atoms with Crippen LogP contribution in [0.5, 0.6) is 0 Å². The Bertz CT molecular complexity index is 323. The lowest BCUT2D eigenvalue weighted by molar-refractivity contribution is -0.116. The van der Waals surface area contributed by atoms with Gasteiger partial charge in [0.1, 0.15) is 11.6 Å². The third kappa shape index (κ3) is 7.12. The van der Waals surface area contributed by atoms with Crippen LogP contribution in [0.1, 0.15) is 25.8 Å².